The topological polar surface area (TPSA) is 110 Å². The first-order chi connectivity index (χ1) is 18.0. The van der Waals surface area contributed by atoms with Gasteiger partial charge in [-0.1, -0.05) is 11.6 Å². The van der Waals surface area contributed by atoms with Crippen LogP contribution >= 0.6 is 11.6 Å². The number of nitrogens with zero attached hydrogens (tertiary/aromatic N) is 7. The summed E-state index contributed by atoms with van der Waals surface area (Å²) in [6.07, 6.45) is 9.59. The molecule has 3 aromatic heterocycles. The molecular weight excluding hydrogens is 494 g/mol. The van der Waals surface area contributed by atoms with Gasteiger partial charge in [-0.15, -0.1) is 10.2 Å². The Balaban J connectivity index is 1.15. The van der Waals surface area contributed by atoms with E-state index in [0.717, 1.165) is 68.5 Å². The van der Waals surface area contributed by atoms with Crippen molar-refractivity contribution in [2.75, 3.05) is 18.6 Å². The number of pyridine rings is 1. The molecule has 3 aromatic rings. The van der Waals surface area contributed by atoms with E-state index in [1.54, 1.807) is 11.1 Å². The third kappa shape index (κ3) is 4.64. The Morgan fingerprint density at radius 2 is 1.86 bits per heavy atom. The molecule has 6 rings (SSSR count). The van der Waals surface area contributed by atoms with Crippen LogP contribution in [0.2, 0.25) is 5.15 Å². The van der Waals surface area contributed by atoms with Crippen LogP contribution in [0.3, 0.4) is 0 Å². The summed E-state index contributed by atoms with van der Waals surface area (Å²) in [7, 11) is 2.01. The molecular formula is C26H30ClN7O3. The molecule has 10 nitrogen and oxygen atoms in total. The molecule has 3 aliphatic rings. The maximum atomic E-state index is 11.6. The largest absolute Gasteiger partial charge is 0.465 e. The lowest BCUT2D eigenvalue weighted by Gasteiger charge is -2.41. The van der Waals surface area contributed by atoms with E-state index < -0.39 is 6.09 Å². The van der Waals surface area contributed by atoms with Crippen molar-refractivity contribution >= 4 is 23.5 Å². The van der Waals surface area contributed by atoms with Crippen LogP contribution in [0.5, 0.6) is 0 Å². The van der Waals surface area contributed by atoms with Crippen molar-refractivity contribution in [1.82, 2.24) is 29.9 Å². The number of fused-ring (bicyclic) bond motifs is 2. The number of piperidine rings is 1. The van der Waals surface area contributed by atoms with Gasteiger partial charge < -0.3 is 19.6 Å². The number of ether oxygens (including phenoxy) is 1. The highest BCUT2D eigenvalue weighted by Crippen LogP contribution is 2.38. The van der Waals surface area contributed by atoms with E-state index in [1.807, 2.05) is 42.2 Å². The maximum Gasteiger partial charge on any atom is 0.407 e. The second-order valence-electron chi connectivity index (χ2n) is 10.2. The lowest BCUT2D eigenvalue weighted by molar-refractivity contribution is -0.0394. The highest BCUT2D eigenvalue weighted by atomic mass is 35.5. The van der Waals surface area contributed by atoms with E-state index in [4.69, 9.17) is 16.3 Å². The van der Waals surface area contributed by atoms with Crippen molar-refractivity contribution in [2.24, 2.45) is 0 Å². The van der Waals surface area contributed by atoms with Crippen LogP contribution < -0.4 is 4.90 Å². The number of anilines is 1. The van der Waals surface area contributed by atoms with Crippen molar-refractivity contribution in [1.29, 1.82) is 0 Å². The molecule has 3 fully saturated rings. The minimum absolute atomic E-state index is 0.0275. The van der Waals surface area contributed by atoms with Gasteiger partial charge in [-0.2, -0.15) is 5.10 Å². The van der Waals surface area contributed by atoms with E-state index in [9.17, 15) is 9.90 Å². The molecule has 2 bridgehead atoms. The number of amides is 1. The molecule has 3 saturated heterocycles. The van der Waals surface area contributed by atoms with E-state index in [1.165, 1.54) is 0 Å². The molecule has 11 heteroatoms. The van der Waals surface area contributed by atoms with Crippen molar-refractivity contribution in [3.63, 3.8) is 0 Å². The monoisotopic (exact) mass is 523 g/mol. The summed E-state index contributed by atoms with van der Waals surface area (Å²) in [5, 5.41) is 23.3. The summed E-state index contributed by atoms with van der Waals surface area (Å²) < 4.78 is 7.68. The van der Waals surface area contributed by atoms with Gasteiger partial charge in [0.05, 0.1) is 11.9 Å². The first-order valence-electron chi connectivity index (χ1n) is 12.9. The Morgan fingerprint density at radius 3 is 2.51 bits per heavy atom. The van der Waals surface area contributed by atoms with Crippen LogP contribution in [0, 0.1) is 0 Å². The molecule has 2 unspecified atom stereocenters. The number of rotatable bonds is 5. The number of carbonyl (C=O) groups is 1. The normalized spacial score (nSPS) is 25.3. The Hall–Kier alpha value is -3.24. The molecule has 0 saturated carbocycles. The number of hydrogen-bond donors (Lipinski definition) is 1. The van der Waals surface area contributed by atoms with Gasteiger partial charge in [0.25, 0.3) is 0 Å². The fraction of sp³-hybridized carbons (Fsp3) is 0.500. The zero-order chi connectivity index (χ0) is 25.5. The fourth-order valence-electron chi connectivity index (χ4n) is 5.97. The molecule has 0 aromatic carbocycles. The van der Waals surface area contributed by atoms with Gasteiger partial charge in [0.2, 0.25) is 0 Å². The van der Waals surface area contributed by atoms with E-state index in [0.29, 0.717) is 16.5 Å². The first kappa shape index (κ1) is 24.1. The SMILES string of the molecule is CN(c1ccc(-c2ccc(-c3cnn(C4CCCCO4)c3)c(Cl)n2)nn1)C1C[C@H]2CC[C@@H](C1)N2C(=O)O. The molecule has 4 atom stereocenters. The second kappa shape index (κ2) is 9.90. The van der Waals surface area contributed by atoms with Crippen LogP contribution in [0.4, 0.5) is 10.6 Å². The zero-order valence-corrected chi connectivity index (χ0v) is 21.5. The Morgan fingerprint density at radius 1 is 1.08 bits per heavy atom. The van der Waals surface area contributed by atoms with Gasteiger partial charge in [0, 0.05) is 49.1 Å². The molecule has 0 radical (unpaired) electrons. The third-order valence-corrected chi connectivity index (χ3v) is 8.25. The van der Waals surface area contributed by atoms with Crippen molar-refractivity contribution in [3.8, 4) is 22.5 Å². The number of carboxylic acid groups (broad SMARTS) is 1. The van der Waals surface area contributed by atoms with Crippen molar-refractivity contribution in [3.05, 3.63) is 41.8 Å². The quantitative estimate of drug-likeness (QED) is 0.472. The van der Waals surface area contributed by atoms with Gasteiger partial charge in [-0.25, -0.2) is 14.5 Å². The lowest BCUT2D eigenvalue weighted by Crippen LogP contribution is -2.51. The molecule has 194 valence electrons. The summed E-state index contributed by atoms with van der Waals surface area (Å²) in [5.74, 6) is 0.761. The molecule has 6 heterocycles. The van der Waals surface area contributed by atoms with Gasteiger partial charge >= 0.3 is 6.09 Å². The summed E-state index contributed by atoms with van der Waals surface area (Å²) >= 11 is 6.58. The number of aromatic nitrogens is 5. The standard InChI is InChI=1S/C26H30ClN7O3/c1-32(19-12-17-5-6-18(13-19)34(17)26(35)36)23-10-9-22(30-31-23)21-8-7-20(25(27)29-21)16-14-28-33(15-16)24-4-2-3-11-37-24/h7-10,14-15,17-19,24H,2-6,11-13H2,1H3,(H,35,36)/t17-,18+,19?,24?. The molecule has 0 spiro atoms. The molecule has 3 aliphatic heterocycles. The lowest BCUT2D eigenvalue weighted by atomic mass is 9.96. The number of halogens is 1. The molecule has 37 heavy (non-hydrogen) atoms. The maximum absolute atomic E-state index is 11.6. The second-order valence-corrected chi connectivity index (χ2v) is 10.5. The average molecular weight is 524 g/mol. The summed E-state index contributed by atoms with van der Waals surface area (Å²) in [6.45, 7) is 0.761. The highest BCUT2D eigenvalue weighted by Gasteiger charge is 2.44. The Labute approximate surface area is 220 Å². The number of hydrogen-bond acceptors (Lipinski definition) is 7. The summed E-state index contributed by atoms with van der Waals surface area (Å²) in [6, 6.07) is 8.07. The Kier molecular flexibility index (Phi) is 6.46. The van der Waals surface area contributed by atoms with Crippen LogP contribution in [-0.4, -0.2) is 72.8 Å². The van der Waals surface area contributed by atoms with E-state index >= 15 is 0 Å². The molecule has 1 N–H and O–H groups in total. The minimum Gasteiger partial charge on any atom is -0.465 e. The zero-order valence-electron chi connectivity index (χ0n) is 20.7. The van der Waals surface area contributed by atoms with Crippen molar-refractivity contribution in [2.45, 2.75) is 69.3 Å². The van der Waals surface area contributed by atoms with Crippen LogP contribution in [0.15, 0.2) is 36.7 Å². The average Bonchev–Trinajstić information content (AvgIpc) is 3.51. The van der Waals surface area contributed by atoms with E-state index in [2.05, 4.69) is 25.2 Å². The molecule has 0 aliphatic carbocycles. The fourth-order valence-corrected chi connectivity index (χ4v) is 6.24. The predicted octanol–water partition coefficient (Wildman–Crippen LogP) is 4.86. The smallest absolute Gasteiger partial charge is 0.407 e. The summed E-state index contributed by atoms with van der Waals surface area (Å²) in [4.78, 5) is 19.9. The molecule has 1 amide bonds. The first-order valence-corrected chi connectivity index (χ1v) is 13.3. The van der Waals surface area contributed by atoms with E-state index in [-0.39, 0.29) is 24.4 Å². The predicted molar refractivity (Wildman–Crippen MR) is 138 cm³/mol. The van der Waals surface area contributed by atoms with Crippen LogP contribution in [-0.2, 0) is 4.74 Å². The third-order valence-electron chi connectivity index (χ3n) is 7.96. The van der Waals surface area contributed by atoms with Crippen LogP contribution in [0.1, 0.15) is 51.2 Å². The minimum atomic E-state index is -0.804. The van der Waals surface area contributed by atoms with Gasteiger partial charge in [-0.05, 0) is 69.2 Å². The highest BCUT2D eigenvalue weighted by molar-refractivity contribution is 6.32. The van der Waals surface area contributed by atoms with Gasteiger partial charge in [0.1, 0.15) is 17.1 Å². The van der Waals surface area contributed by atoms with Gasteiger partial charge in [0.15, 0.2) is 5.82 Å². The summed E-state index contributed by atoms with van der Waals surface area (Å²) in [5.41, 5.74) is 2.98. The van der Waals surface area contributed by atoms with Crippen molar-refractivity contribution < 1.29 is 14.6 Å². The van der Waals surface area contributed by atoms with Gasteiger partial charge in [-0.3, -0.25) is 0 Å². The van der Waals surface area contributed by atoms with Crippen LogP contribution in [0.25, 0.3) is 22.5 Å². The Bertz CT molecular complexity index is 1260.